The van der Waals surface area contributed by atoms with Gasteiger partial charge in [0.15, 0.2) is 11.6 Å². The van der Waals surface area contributed by atoms with Gasteiger partial charge in [-0.2, -0.15) is 0 Å². The molecule has 0 bridgehead atoms. The number of hydrogen-bond acceptors (Lipinski definition) is 3. The Hall–Kier alpha value is -1.54. The lowest BCUT2D eigenvalue weighted by molar-refractivity contribution is 0.0904. The SMILES string of the molecule is CC(NC(=O)c1cc(S(N)(=O)=O)cc(F)c1F)C1CCC1. The normalized spacial score (nSPS) is 17.1. The van der Waals surface area contributed by atoms with E-state index in [1.54, 1.807) is 6.92 Å². The first-order valence-electron chi connectivity index (χ1n) is 6.53. The maximum Gasteiger partial charge on any atom is 0.254 e. The van der Waals surface area contributed by atoms with Crippen molar-refractivity contribution in [2.24, 2.45) is 11.1 Å². The number of hydrogen-bond donors (Lipinski definition) is 2. The van der Waals surface area contributed by atoms with Crippen molar-refractivity contribution in [3.8, 4) is 0 Å². The first-order valence-corrected chi connectivity index (χ1v) is 8.07. The summed E-state index contributed by atoms with van der Waals surface area (Å²) in [5.41, 5.74) is -0.662. The second-order valence-electron chi connectivity index (χ2n) is 5.26. The molecule has 2 rings (SSSR count). The largest absolute Gasteiger partial charge is 0.349 e. The molecule has 0 aliphatic heterocycles. The van der Waals surface area contributed by atoms with E-state index in [2.05, 4.69) is 5.32 Å². The number of carbonyl (C=O) groups excluding carboxylic acids is 1. The molecule has 116 valence electrons. The number of halogens is 2. The lowest BCUT2D eigenvalue weighted by atomic mass is 9.80. The fourth-order valence-electron chi connectivity index (χ4n) is 2.24. The summed E-state index contributed by atoms with van der Waals surface area (Å²) >= 11 is 0. The molecule has 5 nitrogen and oxygen atoms in total. The summed E-state index contributed by atoms with van der Waals surface area (Å²) < 4.78 is 49.6. The highest BCUT2D eigenvalue weighted by Crippen LogP contribution is 2.29. The Morgan fingerprint density at radius 1 is 1.38 bits per heavy atom. The predicted octanol–water partition coefficient (Wildman–Crippen LogP) is 1.53. The minimum absolute atomic E-state index is 0.188. The Balaban J connectivity index is 2.29. The van der Waals surface area contributed by atoms with Gasteiger partial charge in [0.1, 0.15) is 0 Å². The van der Waals surface area contributed by atoms with E-state index >= 15 is 0 Å². The molecule has 1 saturated carbocycles. The maximum atomic E-state index is 13.7. The van der Waals surface area contributed by atoms with Crippen LogP contribution in [0.2, 0.25) is 0 Å². The van der Waals surface area contributed by atoms with Crippen molar-refractivity contribution in [3.05, 3.63) is 29.3 Å². The Labute approximate surface area is 121 Å². The van der Waals surface area contributed by atoms with E-state index in [4.69, 9.17) is 5.14 Å². The average Bonchev–Trinajstić information content (AvgIpc) is 2.28. The number of carbonyl (C=O) groups is 1. The fraction of sp³-hybridized carbons (Fsp3) is 0.462. The van der Waals surface area contributed by atoms with Crippen LogP contribution in [0.1, 0.15) is 36.5 Å². The summed E-state index contributed by atoms with van der Waals surface area (Å²) in [5, 5.41) is 7.44. The van der Waals surface area contributed by atoms with Crippen LogP contribution in [0, 0.1) is 17.6 Å². The van der Waals surface area contributed by atoms with Gasteiger partial charge in [0.25, 0.3) is 5.91 Å². The zero-order chi connectivity index (χ0) is 15.8. The highest BCUT2D eigenvalue weighted by Gasteiger charge is 2.27. The molecule has 8 heteroatoms. The molecule has 0 radical (unpaired) electrons. The van der Waals surface area contributed by atoms with Crippen LogP contribution in [0.15, 0.2) is 17.0 Å². The van der Waals surface area contributed by atoms with E-state index in [0.29, 0.717) is 12.0 Å². The van der Waals surface area contributed by atoms with Gasteiger partial charge >= 0.3 is 0 Å². The van der Waals surface area contributed by atoms with Crippen molar-refractivity contribution >= 4 is 15.9 Å². The molecule has 0 spiro atoms. The van der Waals surface area contributed by atoms with Gasteiger partial charge < -0.3 is 5.32 Å². The molecular formula is C13H16F2N2O3S. The molecule has 1 aromatic carbocycles. The van der Waals surface area contributed by atoms with Crippen LogP contribution >= 0.6 is 0 Å². The summed E-state index contributed by atoms with van der Waals surface area (Å²) in [6.07, 6.45) is 3.01. The Morgan fingerprint density at radius 3 is 2.48 bits per heavy atom. The number of primary sulfonamides is 1. The van der Waals surface area contributed by atoms with Crippen molar-refractivity contribution in [3.63, 3.8) is 0 Å². The van der Waals surface area contributed by atoms with Gasteiger partial charge in [0.05, 0.1) is 10.5 Å². The number of nitrogens with one attached hydrogen (secondary N) is 1. The highest BCUT2D eigenvalue weighted by atomic mass is 32.2. The zero-order valence-corrected chi connectivity index (χ0v) is 12.2. The Bertz CT molecular complexity index is 672. The average molecular weight is 318 g/mol. The minimum atomic E-state index is -4.22. The quantitative estimate of drug-likeness (QED) is 0.882. The van der Waals surface area contributed by atoms with Crippen LogP contribution in [0.5, 0.6) is 0 Å². The van der Waals surface area contributed by atoms with Crippen molar-refractivity contribution in [1.29, 1.82) is 0 Å². The van der Waals surface area contributed by atoms with E-state index in [9.17, 15) is 22.0 Å². The number of rotatable bonds is 4. The van der Waals surface area contributed by atoms with E-state index in [1.807, 2.05) is 0 Å². The van der Waals surface area contributed by atoms with Crippen LogP contribution < -0.4 is 10.5 Å². The first-order chi connectivity index (χ1) is 9.70. The summed E-state index contributed by atoms with van der Waals surface area (Å²) in [6, 6.07) is 1.01. The van der Waals surface area contributed by atoms with Gasteiger partial charge in [0.2, 0.25) is 10.0 Å². The standard InChI is InChI=1S/C13H16F2N2O3S/c1-7(8-3-2-4-8)17-13(18)10-5-9(21(16,19)20)6-11(14)12(10)15/h5-8H,2-4H2,1H3,(H,17,18)(H2,16,19,20). The van der Waals surface area contributed by atoms with Crippen LogP contribution in [-0.4, -0.2) is 20.4 Å². The summed E-state index contributed by atoms with van der Waals surface area (Å²) in [6.45, 7) is 1.78. The molecular weight excluding hydrogens is 302 g/mol. The highest BCUT2D eigenvalue weighted by molar-refractivity contribution is 7.89. The zero-order valence-electron chi connectivity index (χ0n) is 11.4. The fourth-order valence-corrected chi connectivity index (χ4v) is 2.79. The Kier molecular flexibility index (Phi) is 4.29. The van der Waals surface area contributed by atoms with Crippen LogP contribution in [0.3, 0.4) is 0 Å². The smallest absolute Gasteiger partial charge is 0.254 e. The Morgan fingerprint density at radius 2 is 2.00 bits per heavy atom. The van der Waals surface area contributed by atoms with Crippen molar-refractivity contribution in [2.45, 2.75) is 37.1 Å². The van der Waals surface area contributed by atoms with Gasteiger partial charge in [-0.05, 0) is 37.8 Å². The van der Waals surface area contributed by atoms with Gasteiger partial charge in [-0.15, -0.1) is 0 Å². The summed E-state index contributed by atoms with van der Waals surface area (Å²) in [5.74, 6) is -3.36. The molecule has 1 fully saturated rings. The molecule has 1 aliphatic rings. The van der Waals surface area contributed by atoms with Crippen molar-refractivity contribution < 1.29 is 22.0 Å². The molecule has 1 aliphatic carbocycles. The van der Waals surface area contributed by atoms with Crippen LogP contribution in [0.25, 0.3) is 0 Å². The number of amides is 1. The molecule has 1 unspecified atom stereocenters. The molecule has 1 amide bonds. The first kappa shape index (κ1) is 15.8. The number of sulfonamides is 1. The maximum absolute atomic E-state index is 13.7. The predicted molar refractivity (Wildman–Crippen MR) is 72.0 cm³/mol. The van der Waals surface area contributed by atoms with Crippen LogP contribution in [0.4, 0.5) is 8.78 Å². The van der Waals surface area contributed by atoms with E-state index < -0.39 is 38.0 Å². The topological polar surface area (TPSA) is 89.3 Å². The second kappa shape index (κ2) is 5.69. The van der Waals surface area contributed by atoms with Gasteiger partial charge in [0, 0.05) is 6.04 Å². The molecule has 1 aromatic rings. The minimum Gasteiger partial charge on any atom is -0.349 e. The van der Waals surface area contributed by atoms with E-state index in [-0.39, 0.29) is 6.04 Å². The second-order valence-corrected chi connectivity index (χ2v) is 6.83. The lowest BCUT2D eigenvalue weighted by Crippen LogP contribution is -2.41. The van der Waals surface area contributed by atoms with Crippen molar-refractivity contribution in [2.75, 3.05) is 0 Å². The van der Waals surface area contributed by atoms with Gasteiger partial charge in [-0.1, -0.05) is 6.42 Å². The molecule has 0 saturated heterocycles. The lowest BCUT2D eigenvalue weighted by Gasteiger charge is -2.31. The third-order valence-corrected chi connectivity index (χ3v) is 4.68. The third kappa shape index (κ3) is 3.38. The van der Waals surface area contributed by atoms with Gasteiger partial charge in [-0.25, -0.2) is 22.3 Å². The van der Waals surface area contributed by atoms with Crippen molar-refractivity contribution in [1.82, 2.24) is 5.32 Å². The van der Waals surface area contributed by atoms with Crippen LogP contribution in [-0.2, 0) is 10.0 Å². The molecule has 1 atom stereocenters. The van der Waals surface area contributed by atoms with E-state index in [1.165, 1.54) is 0 Å². The molecule has 21 heavy (non-hydrogen) atoms. The molecule has 0 aromatic heterocycles. The number of nitrogens with two attached hydrogens (primary N) is 1. The molecule has 3 N–H and O–H groups in total. The van der Waals surface area contributed by atoms with E-state index in [0.717, 1.165) is 25.3 Å². The van der Waals surface area contributed by atoms with Gasteiger partial charge in [-0.3, -0.25) is 4.79 Å². The summed E-state index contributed by atoms with van der Waals surface area (Å²) in [4.78, 5) is 11.4. The summed E-state index contributed by atoms with van der Waals surface area (Å²) in [7, 11) is -4.22. The number of benzene rings is 1. The monoisotopic (exact) mass is 318 g/mol. The third-order valence-electron chi connectivity index (χ3n) is 3.79. The molecule has 0 heterocycles.